The average Bonchev–Trinajstić information content (AvgIpc) is 3.50. The first-order chi connectivity index (χ1) is 16.3. The molecule has 184 valence electrons. The van der Waals surface area contributed by atoms with Gasteiger partial charge in [-0.1, -0.05) is 38.5 Å². The number of aromatic amines is 1. The number of aromatic nitrogens is 1. The van der Waals surface area contributed by atoms with Crippen molar-refractivity contribution in [3.8, 4) is 0 Å². The number of nitrogens with two attached hydrogens (primary N) is 1. The van der Waals surface area contributed by atoms with Crippen LogP contribution in [0.25, 0.3) is 10.9 Å². The lowest BCUT2D eigenvalue weighted by Crippen LogP contribution is -2.55. The summed E-state index contributed by atoms with van der Waals surface area (Å²) in [5.41, 5.74) is 7.29. The fraction of sp³-hybridized carbons (Fsp3) is 0.500. The molecule has 0 radical (unpaired) electrons. The zero-order valence-corrected chi connectivity index (χ0v) is 19.6. The molecular formula is C24H34N6O4. The Bertz CT molecular complexity index is 1030. The molecule has 0 spiro atoms. The van der Waals surface area contributed by atoms with Crippen molar-refractivity contribution in [1.82, 2.24) is 26.3 Å². The number of nitrogens with one attached hydrogen (secondary N) is 5. The van der Waals surface area contributed by atoms with Crippen LogP contribution in [0.15, 0.2) is 30.5 Å². The standard InChI is InChI=1S/C24H34N6O4/c1-3-14(2)21(30-23(33)18-9-6-10-26-18)24(34)28-13-20(31)29-19(22(25)32)11-15-12-27-17-8-5-4-7-16(15)17/h4-5,7-8,12,14,18-19,21,26-27H,3,6,9-11,13H2,1-2H3,(H2,25,32)(H,28,34)(H,29,31)(H,30,33)/t14-,18-,19-,21-/m0/s1. The summed E-state index contributed by atoms with van der Waals surface area (Å²) in [5.74, 6) is -1.98. The van der Waals surface area contributed by atoms with Crippen LogP contribution < -0.4 is 27.0 Å². The Kier molecular flexibility index (Phi) is 8.64. The maximum atomic E-state index is 12.8. The van der Waals surface area contributed by atoms with Gasteiger partial charge in [-0.2, -0.15) is 0 Å². The first-order valence-corrected chi connectivity index (χ1v) is 11.7. The van der Waals surface area contributed by atoms with Crippen molar-refractivity contribution < 1.29 is 19.2 Å². The van der Waals surface area contributed by atoms with Crippen LogP contribution in [0, 0.1) is 5.92 Å². The van der Waals surface area contributed by atoms with E-state index in [4.69, 9.17) is 5.73 Å². The van der Waals surface area contributed by atoms with Gasteiger partial charge in [-0.3, -0.25) is 19.2 Å². The van der Waals surface area contributed by atoms with Gasteiger partial charge in [-0.25, -0.2) is 0 Å². The van der Waals surface area contributed by atoms with E-state index in [0.29, 0.717) is 6.42 Å². The Balaban J connectivity index is 1.56. The Hall–Kier alpha value is -3.40. The minimum absolute atomic E-state index is 0.117. The summed E-state index contributed by atoms with van der Waals surface area (Å²) in [7, 11) is 0. The molecule has 2 aromatic rings. The van der Waals surface area contributed by atoms with Crippen molar-refractivity contribution in [2.75, 3.05) is 13.1 Å². The number of rotatable bonds is 11. The molecule has 1 aliphatic rings. The first-order valence-electron chi connectivity index (χ1n) is 11.7. The number of primary amides is 1. The molecule has 2 heterocycles. The van der Waals surface area contributed by atoms with Crippen LogP contribution in [0.5, 0.6) is 0 Å². The summed E-state index contributed by atoms with van der Waals surface area (Å²) in [4.78, 5) is 52.9. The zero-order valence-electron chi connectivity index (χ0n) is 19.6. The predicted molar refractivity (Wildman–Crippen MR) is 129 cm³/mol. The minimum Gasteiger partial charge on any atom is -0.368 e. The number of para-hydroxylation sites is 1. The number of benzene rings is 1. The van der Waals surface area contributed by atoms with Gasteiger partial charge < -0.3 is 32.0 Å². The fourth-order valence-electron chi connectivity index (χ4n) is 4.13. The first kappa shape index (κ1) is 25.2. The molecule has 1 aliphatic heterocycles. The van der Waals surface area contributed by atoms with E-state index in [0.717, 1.165) is 35.9 Å². The normalized spacial score (nSPS) is 18.1. The van der Waals surface area contributed by atoms with Gasteiger partial charge in [0.05, 0.1) is 12.6 Å². The van der Waals surface area contributed by atoms with Gasteiger partial charge in [0.2, 0.25) is 23.6 Å². The molecule has 10 heteroatoms. The molecule has 0 saturated carbocycles. The number of hydrogen-bond acceptors (Lipinski definition) is 5. The SMILES string of the molecule is CC[C@H](C)[C@H](NC(=O)[C@@H]1CCCN1)C(=O)NCC(=O)N[C@@H](Cc1c[nH]c2ccccc12)C(N)=O. The zero-order chi connectivity index (χ0) is 24.7. The summed E-state index contributed by atoms with van der Waals surface area (Å²) >= 11 is 0. The number of hydrogen-bond donors (Lipinski definition) is 6. The van der Waals surface area contributed by atoms with Crippen molar-refractivity contribution >= 4 is 34.5 Å². The molecule has 0 bridgehead atoms. The molecule has 4 amide bonds. The topological polar surface area (TPSA) is 158 Å². The maximum Gasteiger partial charge on any atom is 0.243 e. The summed E-state index contributed by atoms with van der Waals surface area (Å²) < 4.78 is 0. The second-order valence-electron chi connectivity index (χ2n) is 8.82. The molecule has 7 N–H and O–H groups in total. The van der Waals surface area contributed by atoms with Crippen molar-refractivity contribution in [3.63, 3.8) is 0 Å². The van der Waals surface area contributed by atoms with Crippen LogP contribution in [0.1, 0.15) is 38.7 Å². The molecule has 1 aromatic carbocycles. The molecular weight excluding hydrogens is 436 g/mol. The smallest absolute Gasteiger partial charge is 0.243 e. The Morgan fingerprint density at radius 2 is 1.94 bits per heavy atom. The van der Waals surface area contributed by atoms with Crippen molar-refractivity contribution in [2.24, 2.45) is 11.7 Å². The van der Waals surface area contributed by atoms with E-state index in [9.17, 15) is 19.2 Å². The Morgan fingerprint density at radius 3 is 2.62 bits per heavy atom. The highest BCUT2D eigenvalue weighted by atomic mass is 16.2. The molecule has 1 aromatic heterocycles. The molecule has 1 saturated heterocycles. The van der Waals surface area contributed by atoms with Gasteiger partial charge in [0.15, 0.2) is 0 Å². The third-order valence-corrected chi connectivity index (χ3v) is 6.37. The van der Waals surface area contributed by atoms with Gasteiger partial charge in [-0.05, 0) is 36.9 Å². The van der Waals surface area contributed by atoms with E-state index >= 15 is 0 Å². The molecule has 34 heavy (non-hydrogen) atoms. The summed E-state index contributed by atoms with van der Waals surface area (Å²) in [6, 6.07) is 5.64. The molecule has 0 aliphatic carbocycles. The lowest BCUT2D eigenvalue weighted by Gasteiger charge is -2.25. The van der Waals surface area contributed by atoms with E-state index in [1.165, 1.54) is 0 Å². The van der Waals surface area contributed by atoms with Crippen LogP contribution in [0.3, 0.4) is 0 Å². The molecule has 1 fully saturated rings. The van der Waals surface area contributed by atoms with Gasteiger partial charge in [0.1, 0.15) is 12.1 Å². The van der Waals surface area contributed by atoms with E-state index in [2.05, 4.69) is 26.3 Å². The highest BCUT2D eigenvalue weighted by Crippen LogP contribution is 2.19. The van der Waals surface area contributed by atoms with Gasteiger partial charge in [-0.15, -0.1) is 0 Å². The molecule has 4 atom stereocenters. The Labute approximate surface area is 198 Å². The quantitative estimate of drug-likeness (QED) is 0.274. The van der Waals surface area contributed by atoms with Crippen LogP contribution in [0.4, 0.5) is 0 Å². The number of fused-ring (bicyclic) bond motifs is 1. The second kappa shape index (κ2) is 11.6. The van der Waals surface area contributed by atoms with Gasteiger partial charge in [0, 0.05) is 23.5 Å². The second-order valence-corrected chi connectivity index (χ2v) is 8.82. The summed E-state index contributed by atoms with van der Waals surface area (Å²) in [6.07, 6.45) is 4.33. The largest absolute Gasteiger partial charge is 0.368 e. The van der Waals surface area contributed by atoms with Crippen LogP contribution >= 0.6 is 0 Å². The summed E-state index contributed by atoms with van der Waals surface area (Å²) in [5, 5.41) is 12.1. The van der Waals surface area contributed by atoms with Gasteiger partial charge >= 0.3 is 0 Å². The lowest BCUT2D eigenvalue weighted by atomic mass is 9.97. The number of carbonyl (C=O) groups is 4. The van der Waals surface area contributed by atoms with E-state index < -0.39 is 29.8 Å². The fourth-order valence-corrected chi connectivity index (χ4v) is 4.13. The van der Waals surface area contributed by atoms with Crippen molar-refractivity contribution in [1.29, 1.82) is 0 Å². The predicted octanol–water partition coefficient (Wildman–Crippen LogP) is 0.0796. The molecule has 0 unspecified atom stereocenters. The van der Waals surface area contributed by atoms with E-state index in [1.54, 1.807) is 6.20 Å². The Morgan fingerprint density at radius 1 is 1.18 bits per heavy atom. The molecule has 3 rings (SSSR count). The highest BCUT2D eigenvalue weighted by Gasteiger charge is 2.30. The number of H-pyrrole nitrogens is 1. The van der Waals surface area contributed by atoms with E-state index in [-0.39, 0.29) is 30.8 Å². The minimum atomic E-state index is -0.929. The third kappa shape index (κ3) is 6.34. The third-order valence-electron chi connectivity index (χ3n) is 6.37. The monoisotopic (exact) mass is 470 g/mol. The highest BCUT2D eigenvalue weighted by molar-refractivity contribution is 5.93. The number of carbonyl (C=O) groups excluding carboxylic acids is 4. The number of amides is 4. The van der Waals surface area contributed by atoms with Crippen LogP contribution in [-0.4, -0.2) is 59.8 Å². The van der Waals surface area contributed by atoms with E-state index in [1.807, 2.05) is 38.1 Å². The van der Waals surface area contributed by atoms with Crippen molar-refractivity contribution in [2.45, 2.75) is 57.7 Å². The summed E-state index contributed by atoms with van der Waals surface area (Å²) in [6.45, 7) is 4.25. The van der Waals surface area contributed by atoms with Crippen LogP contribution in [-0.2, 0) is 25.6 Å². The average molecular weight is 471 g/mol. The van der Waals surface area contributed by atoms with Gasteiger partial charge in [0.25, 0.3) is 0 Å². The molecule has 10 nitrogen and oxygen atoms in total. The maximum absolute atomic E-state index is 12.8. The lowest BCUT2D eigenvalue weighted by molar-refractivity contribution is -0.132. The van der Waals surface area contributed by atoms with Crippen molar-refractivity contribution in [3.05, 3.63) is 36.0 Å². The van der Waals surface area contributed by atoms with Crippen LogP contribution in [0.2, 0.25) is 0 Å².